The predicted molar refractivity (Wildman–Crippen MR) is 130 cm³/mol. The Balaban J connectivity index is 1.48. The Bertz CT molecular complexity index is 1220. The molecule has 0 aliphatic carbocycles. The standard InChI is InChI=1S/C23H17Cl2N3O4S/c24-17-7-1-14(2-8-17)12-27-21(29)13-33-23(27)16-5-3-15(4-6-16)22(30)26-20-11-18(28(31)32)9-10-19(20)25/h1-11,23H,12-13H2,(H,26,30)/t23-/m1/s1. The van der Waals surface area contributed by atoms with E-state index >= 15 is 0 Å². The largest absolute Gasteiger partial charge is 0.322 e. The number of nitro groups is 1. The average Bonchev–Trinajstić information content (AvgIpc) is 3.16. The highest BCUT2D eigenvalue weighted by Crippen LogP contribution is 2.39. The zero-order valence-corrected chi connectivity index (χ0v) is 19.4. The Morgan fingerprint density at radius 1 is 1.09 bits per heavy atom. The van der Waals surface area contributed by atoms with E-state index in [2.05, 4.69) is 5.32 Å². The molecule has 1 aliphatic heterocycles. The first-order chi connectivity index (χ1) is 15.8. The third-order valence-corrected chi connectivity index (χ3v) is 6.94. The molecule has 4 rings (SSSR count). The number of non-ortho nitro benzene ring substituents is 1. The normalized spacial score (nSPS) is 15.5. The van der Waals surface area contributed by atoms with Crippen molar-refractivity contribution >= 4 is 58.2 Å². The summed E-state index contributed by atoms with van der Waals surface area (Å²) in [6, 6.07) is 18.1. The molecule has 0 saturated carbocycles. The van der Waals surface area contributed by atoms with Crippen molar-refractivity contribution in [2.24, 2.45) is 0 Å². The fraction of sp³-hybridized carbons (Fsp3) is 0.130. The molecular weight excluding hydrogens is 485 g/mol. The second-order valence-corrected chi connectivity index (χ2v) is 9.22. The van der Waals surface area contributed by atoms with Crippen molar-refractivity contribution in [2.45, 2.75) is 11.9 Å². The van der Waals surface area contributed by atoms with Gasteiger partial charge in [0.1, 0.15) is 5.37 Å². The van der Waals surface area contributed by atoms with E-state index in [0.717, 1.165) is 11.1 Å². The van der Waals surface area contributed by atoms with Gasteiger partial charge in [-0.15, -0.1) is 11.8 Å². The van der Waals surface area contributed by atoms with Crippen LogP contribution >= 0.6 is 35.0 Å². The average molecular weight is 502 g/mol. The van der Waals surface area contributed by atoms with Crippen LogP contribution in [0.2, 0.25) is 10.0 Å². The van der Waals surface area contributed by atoms with Gasteiger partial charge in [0.15, 0.2) is 0 Å². The quantitative estimate of drug-likeness (QED) is 0.333. The summed E-state index contributed by atoms with van der Waals surface area (Å²) in [5.74, 6) is -0.0228. The van der Waals surface area contributed by atoms with Gasteiger partial charge in [-0.3, -0.25) is 19.7 Å². The highest BCUT2D eigenvalue weighted by atomic mass is 35.5. The summed E-state index contributed by atoms with van der Waals surface area (Å²) < 4.78 is 0. The van der Waals surface area contributed by atoms with Crippen LogP contribution in [0, 0.1) is 10.1 Å². The zero-order chi connectivity index (χ0) is 23.5. The molecule has 1 aliphatic rings. The number of nitro benzene ring substituents is 1. The minimum Gasteiger partial charge on any atom is -0.322 e. The summed E-state index contributed by atoms with van der Waals surface area (Å²) in [7, 11) is 0. The molecule has 1 fully saturated rings. The van der Waals surface area contributed by atoms with E-state index in [-0.39, 0.29) is 27.7 Å². The predicted octanol–water partition coefficient (Wildman–Crippen LogP) is 5.93. The molecule has 10 heteroatoms. The summed E-state index contributed by atoms with van der Waals surface area (Å²) in [4.78, 5) is 37.3. The van der Waals surface area contributed by atoms with Crippen LogP contribution in [0.25, 0.3) is 0 Å². The van der Waals surface area contributed by atoms with Gasteiger partial charge < -0.3 is 10.2 Å². The molecule has 168 valence electrons. The van der Waals surface area contributed by atoms with Crippen LogP contribution in [0.15, 0.2) is 66.7 Å². The van der Waals surface area contributed by atoms with E-state index in [1.54, 1.807) is 41.3 Å². The molecule has 0 unspecified atom stereocenters. The number of carbonyl (C=O) groups excluding carboxylic acids is 2. The maximum atomic E-state index is 12.6. The number of rotatable bonds is 6. The lowest BCUT2D eigenvalue weighted by molar-refractivity contribution is -0.384. The van der Waals surface area contributed by atoms with Gasteiger partial charge in [0.25, 0.3) is 11.6 Å². The van der Waals surface area contributed by atoms with Gasteiger partial charge in [-0.2, -0.15) is 0 Å². The van der Waals surface area contributed by atoms with Crippen molar-refractivity contribution in [1.29, 1.82) is 0 Å². The number of halogens is 2. The molecule has 0 bridgehead atoms. The Hall–Kier alpha value is -3.07. The molecule has 3 aromatic carbocycles. The molecular formula is C23H17Cl2N3O4S. The first kappa shape index (κ1) is 23.1. The number of thioether (sulfide) groups is 1. The summed E-state index contributed by atoms with van der Waals surface area (Å²) in [6.45, 7) is 0.460. The molecule has 1 heterocycles. The lowest BCUT2D eigenvalue weighted by atomic mass is 10.1. The monoisotopic (exact) mass is 501 g/mol. The van der Waals surface area contributed by atoms with E-state index < -0.39 is 10.8 Å². The van der Waals surface area contributed by atoms with E-state index in [9.17, 15) is 19.7 Å². The van der Waals surface area contributed by atoms with Crippen LogP contribution in [-0.4, -0.2) is 27.4 Å². The van der Waals surface area contributed by atoms with Gasteiger partial charge in [-0.25, -0.2) is 0 Å². The van der Waals surface area contributed by atoms with Crippen molar-refractivity contribution in [1.82, 2.24) is 4.90 Å². The van der Waals surface area contributed by atoms with Gasteiger partial charge in [-0.05, 0) is 41.5 Å². The van der Waals surface area contributed by atoms with Crippen LogP contribution in [0.4, 0.5) is 11.4 Å². The van der Waals surface area contributed by atoms with Crippen LogP contribution in [0.5, 0.6) is 0 Å². The van der Waals surface area contributed by atoms with Crippen molar-refractivity contribution in [3.05, 3.63) is 104 Å². The molecule has 33 heavy (non-hydrogen) atoms. The molecule has 1 N–H and O–H groups in total. The Labute approximate surface area is 203 Å². The minimum atomic E-state index is -0.558. The van der Waals surface area contributed by atoms with Crippen LogP contribution in [0.3, 0.4) is 0 Å². The third-order valence-electron chi connectivity index (χ3n) is 5.10. The Morgan fingerprint density at radius 3 is 2.45 bits per heavy atom. The molecule has 0 radical (unpaired) electrons. The third kappa shape index (κ3) is 5.30. The highest BCUT2D eigenvalue weighted by Gasteiger charge is 2.32. The first-order valence-corrected chi connectivity index (χ1v) is 11.6. The second kappa shape index (κ2) is 9.82. The Morgan fingerprint density at radius 2 is 1.79 bits per heavy atom. The summed E-state index contributed by atoms with van der Waals surface area (Å²) in [6.07, 6.45) is 0. The number of amides is 2. The van der Waals surface area contributed by atoms with E-state index in [1.165, 1.54) is 30.0 Å². The SMILES string of the molecule is O=C(Nc1cc([N+](=O)[O-])ccc1Cl)c1ccc([C@H]2SCC(=O)N2Cc2ccc(Cl)cc2)cc1. The minimum absolute atomic E-state index is 0.0436. The van der Waals surface area contributed by atoms with Gasteiger partial charge in [0.2, 0.25) is 5.91 Å². The topological polar surface area (TPSA) is 92.5 Å². The van der Waals surface area contributed by atoms with Gasteiger partial charge in [0.05, 0.1) is 21.4 Å². The number of hydrogen-bond acceptors (Lipinski definition) is 5. The number of benzene rings is 3. The Kier molecular flexibility index (Phi) is 6.88. The summed E-state index contributed by atoms with van der Waals surface area (Å²) >= 11 is 13.5. The van der Waals surface area contributed by atoms with Crippen molar-refractivity contribution < 1.29 is 14.5 Å². The molecule has 1 atom stereocenters. The molecule has 3 aromatic rings. The lowest BCUT2D eigenvalue weighted by Crippen LogP contribution is -2.27. The van der Waals surface area contributed by atoms with E-state index in [1.807, 2.05) is 12.1 Å². The molecule has 1 saturated heterocycles. The van der Waals surface area contributed by atoms with Crippen LogP contribution in [-0.2, 0) is 11.3 Å². The maximum Gasteiger partial charge on any atom is 0.271 e. The first-order valence-electron chi connectivity index (χ1n) is 9.82. The highest BCUT2D eigenvalue weighted by molar-refractivity contribution is 8.00. The number of anilines is 1. The van der Waals surface area contributed by atoms with Gasteiger partial charge in [-0.1, -0.05) is 47.5 Å². The number of carbonyl (C=O) groups is 2. The van der Waals surface area contributed by atoms with E-state index in [0.29, 0.717) is 22.9 Å². The number of nitrogens with zero attached hydrogens (tertiary/aromatic N) is 2. The summed E-state index contributed by atoms with van der Waals surface area (Å²) in [5.41, 5.74) is 2.22. The molecule has 2 amide bonds. The fourth-order valence-corrected chi connectivity index (χ4v) is 4.88. The number of nitrogens with one attached hydrogen (secondary N) is 1. The van der Waals surface area contributed by atoms with Gasteiger partial charge in [0, 0.05) is 29.3 Å². The van der Waals surface area contributed by atoms with Crippen molar-refractivity contribution in [3.63, 3.8) is 0 Å². The molecule has 0 aromatic heterocycles. The molecule has 0 spiro atoms. The molecule has 7 nitrogen and oxygen atoms in total. The smallest absolute Gasteiger partial charge is 0.271 e. The zero-order valence-electron chi connectivity index (χ0n) is 17.0. The maximum absolute atomic E-state index is 12.6. The van der Waals surface area contributed by atoms with Gasteiger partial charge >= 0.3 is 0 Å². The van der Waals surface area contributed by atoms with Crippen LogP contribution in [0.1, 0.15) is 26.9 Å². The van der Waals surface area contributed by atoms with E-state index in [4.69, 9.17) is 23.2 Å². The second-order valence-electron chi connectivity index (χ2n) is 7.31. The summed E-state index contributed by atoms with van der Waals surface area (Å²) in [5, 5.41) is 14.3. The number of hydrogen-bond donors (Lipinski definition) is 1. The lowest BCUT2D eigenvalue weighted by Gasteiger charge is -2.24. The van der Waals surface area contributed by atoms with Crippen molar-refractivity contribution in [2.75, 3.05) is 11.1 Å². The van der Waals surface area contributed by atoms with Crippen LogP contribution < -0.4 is 5.32 Å². The fourth-order valence-electron chi connectivity index (χ4n) is 3.40. The van der Waals surface area contributed by atoms with Crippen molar-refractivity contribution in [3.8, 4) is 0 Å².